The maximum atomic E-state index is 8.19. The number of halogens is 1. The zero-order chi connectivity index (χ0) is 22.5. The van der Waals surface area contributed by atoms with E-state index < -0.39 is 0 Å². The third-order valence-corrected chi connectivity index (χ3v) is 5.23. The topological polar surface area (TPSA) is 84.0 Å². The van der Waals surface area contributed by atoms with E-state index in [1.165, 1.54) is 0 Å². The summed E-state index contributed by atoms with van der Waals surface area (Å²) in [4.78, 5) is 0. The van der Waals surface area contributed by atoms with Crippen LogP contribution in [0.3, 0.4) is 0 Å². The van der Waals surface area contributed by atoms with E-state index in [4.69, 9.17) is 31.9 Å². The molecule has 7 heteroatoms. The number of rotatable bonds is 7. The standard InChI is InChI=1S/C25H21ClN4O2/c1-30-24-5-3-2-4-21(24)23(29-30)15-31-20-12-8-18(9-13-20)22(25(28)32-16-27)14-17-6-10-19(26)11-7-17/h2-14,16,27-28H,15H2,1H3/b22-14+,27-16?,28-25?. The Kier molecular flexibility index (Phi) is 6.33. The number of fused-ring (bicyclic) bond motifs is 1. The molecule has 1 heterocycles. The lowest BCUT2D eigenvalue weighted by Gasteiger charge is -2.10. The molecule has 0 aliphatic heterocycles. The molecule has 0 bridgehead atoms. The van der Waals surface area contributed by atoms with Crippen molar-refractivity contribution in [1.82, 2.24) is 9.78 Å². The van der Waals surface area contributed by atoms with E-state index >= 15 is 0 Å². The van der Waals surface area contributed by atoms with Gasteiger partial charge in [0, 0.05) is 23.0 Å². The minimum absolute atomic E-state index is 0.122. The highest BCUT2D eigenvalue weighted by molar-refractivity contribution is 6.30. The monoisotopic (exact) mass is 444 g/mol. The summed E-state index contributed by atoms with van der Waals surface area (Å²) in [6, 6.07) is 22.7. The lowest BCUT2D eigenvalue weighted by atomic mass is 10.0. The summed E-state index contributed by atoms with van der Waals surface area (Å²) in [5, 5.41) is 21.6. The van der Waals surface area contributed by atoms with Crippen molar-refractivity contribution in [1.29, 1.82) is 10.8 Å². The summed E-state index contributed by atoms with van der Waals surface area (Å²) in [6.45, 7) is 0.348. The number of para-hydroxylation sites is 1. The van der Waals surface area contributed by atoms with Crippen LogP contribution in [0.25, 0.3) is 22.6 Å². The maximum Gasteiger partial charge on any atom is 0.221 e. The summed E-state index contributed by atoms with van der Waals surface area (Å²) >= 11 is 5.97. The van der Waals surface area contributed by atoms with Crippen molar-refractivity contribution in [3.8, 4) is 5.75 Å². The van der Waals surface area contributed by atoms with Gasteiger partial charge in [-0.25, -0.2) is 0 Å². The third-order valence-electron chi connectivity index (χ3n) is 4.98. The van der Waals surface area contributed by atoms with Gasteiger partial charge in [-0.2, -0.15) is 5.10 Å². The molecule has 0 saturated carbocycles. The SMILES string of the molecule is Cn1nc(COc2ccc(/C(=C\c3ccc(Cl)cc3)C(=N)OC=N)cc2)c2ccccc21. The van der Waals surface area contributed by atoms with Gasteiger partial charge in [0.05, 0.1) is 5.52 Å². The van der Waals surface area contributed by atoms with E-state index in [9.17, 15) is 0 Å². The first kappa shape index (κ1) is 21.3. The van der Waals surface area contributed by atoms with Crippen LogP contribution in [0.5, 0.6) is 5.75 Å². The number of aryl methyl sites for hydroxylation is 1. The number of aromatic nitrogens is 2. The first-order valence-electron chi connectivity index (χ1n) is 9.91. The van der Waals surface area contributed by atoms with Crippen LogP contribution >= 0.6 is 11.6 Å². The molecular formula is C25H21ClN4O2. The molecule has 0 atom stereocenters. The Morgan fingerprint density at radius 1 is 1.03 bits per heavy atom. The van der Waals surface area contributed by atoms with Gasteiger partial charge in [-0.3, -0.25) is 15.5 Å². The fourth-order valence-electron chi connectivity index (χ4n) is 3.41. The number of nitrogens with one attached hydrogen (secondary N) is 2. The highest BCUT2D eigenvalue weighted by atomic mass is 35.5. The predicted molar refractivity (Wildman–Crippen MR) is 128 cm³/mol. The van der Waals surface area contributed by atoms with E-state index in [-0.39, 0.29) is 5.90 Å². The molecule has 4 aromatic rings. The molecule has 0 aliphatic carbocycles. The summed E-state index contributed by atoms with van der Waals surface area (Å²) in [6.07, 6.45) is 2.56. The Morgan fingerprint density at radius 3 is 2.47 bits per heavy atom. The van der Waals surface area contributed by atoms with Crippen molar-refractivity contribution >= 4 is 46.5 Å². The van der Waals surface area contributed by atoms with Crippen molar-refractivity contribution < 1.29 is 9.47 Å². The highest BCUT2D eigenvalue weighted by Crippen LogP contribution is 2.25. The first-order chi connectivity index (χ1) is 15.5. The lowest BCUT2D eigenvalue weighted by Crippen LogP contribution is -2.05. The summed E-state index contributed by atoms with van der Waals surface area (Å²) in [5.41, 5.74) is 4.10. The molecule has 0 fully saturated rings. The molecule has 6 nitrogen and oxygen atoms in total. The van der Waals surface area contributed by atoms with Crippen molar-refractivity contribution in [2.45, 2.75) is 6.61 Å². The van der Waals surface area contributed by atoms with Gasteiger partial charge in [0.2, 0.25) is 5.90 Å². The van der Waals surface area contributed by atoms with Gasteiger partial charge in [0.25, 0.3) is 0 Å². The van der Waals surface area contributed by atoms with Crippen LogP contribution in [0.1, 0.15) is 16.8 Å². The minimum Gasteiger partial charge on any atom is -0.487 e. The van der Waals surface area contributed by atoms with Crippen molar-refractivity contribution in [3.63, 3.8) is 0 Å². The molecular weight excluding hydrogens is 424 g/mol. The van der Waals surface area contributed by atoms with E-state index in [1.54, 1.807) is 12.1 Å². The number of hydrogen-bond donors (Lipinski definition) is 2. The van der Waals surface area contributed by atoms with Gasteiger partial charge >= 0.3 is 0 Å². The zero-order valence-corrected chi connectivity index (χ0v) is 18.1. The van der Waals surface area contributed by atoms with Gasteiger partial charge < -0.3 is 9.47 Å². The zero-order valence-electron chi connectivity index (χ0n) is 17.4. The second-order valence-corrected chi connectivity index (χ2v) is 7.51. The molecule has 0 saturated heterocycles. The van der Waals surface area contributed by atoms with Gasteiger partial charge in [-0.05, 0) is 47.5 Å². The van der Waals surface area contributed by atoms with Crippen molar-refractivity contribution in [2.75, 3.05) is 0 Å². The molecule has 160 valence electrons. The molecule has 0 radical (unpaired) electrons. The van der Waals surface area contributed by atoms with Crippen LogP contribution in [0.15, 0.2) is 72.8 Å². The molecule has 3 aromatic carbocycles. The average Bonchev–Trinajstić information content (AvgIpc) is 3.13. The van der Waals surface area contributed by atoms with E-state index in [1.807, 2.05) is 78.5 Å². The summed E-state index contributed by atoms with van der Waals surface area (Å²) in [7, 11) is 1.92. The molecule has 0 unspecified atom stereocenters. The average molecular weight is 445 g/mol. The van der Waals surface area contributed by atoms with Gasteiger partial charge in [0.1, 0.15) is 18.1 Å². The number of nitrogens with zero attached hydrogens (tertiary/aromatic N) is 2. The van der Waals surface area contributed by atoms with E-state index in [0.717, 1.165) is 34.1 Å². The Morgan fingerprint density at radius 2 is 1.75 bits per heavy atom. The van der Waals surface area contributed by atoms with Crippen molar-refractivity contribution in [3.05, 3.63) is 94.6 Å². The third kappa shape index (κ3) is 4.71. The minimum atomic E-state index is -0.122. The fourth-order valence-corrected chi connectivity index (χ4v) is 3.53. The number of ether oxygens (including phenoxy) is 2. The van der Waals surface area contributed by atoms with Crippen molar-refractivity contribution in [2.24, 2.45) is 7.05 Å². The predicted octanol–water partition coefficient (Wildman–Crippen LogP) is 5.95. The quantitative estimate of drug-likeness (QED) is 0.210. The Bertz CT molecular complexity index is 1290. The molecule has 0 aliphatic rings. The fraction of sp³-hybridized carbons (Fsp3) is 0.0800. The van der Waals surface area contributed by atoms with Crippen LogP contribution in [0.2, 0.25) is 5.02 Å². The second-order valence-electron chi connectivity index (χ2n) is 7.07. The van der Waals surface area contributed by atoms with E-state index in [0.29, 0.717) is 23.0 Å². The molecule has 1 aromatic heterocycles. The Hall–Kier alpha value is -3.90. The normalized spacial score (nSPS) is 11.4. The van der Waals surface area contributed by atoms with Crippen LogP contribution < -0.4 is 4.74 Å². The van der Waals surface area contributed by atoms with Gasteiger partial charge in [0.15, 0.2) is 6.40 Å². The lowest BCUT2D eigenvalue weighted by molar-refractivity contribution is 0.301. The van der Waals surface area contributed by atoms with Crippen LogP contribution in [-0.4, -0.2) is 22.1 Å². The largest absolute Gasteiger partial charge is 0.487 e. The number of hydrogen-bond acceptors (Lipinski definition) is 5. The Balaban J connectivity index is 1.55. The van der Waals surface area contributed by atoms with Crippen LogP contribution in [-0.2, 0) is 18.4 Å². The summed E-state index contributed by atoms with van der Waals surface area (Å²) in [5.74, 6) is 0.567. The van der Waals surface area contributed by atoms with Crippen LogP contribution in [0, 0.1) is 10.8 Å². The molecule has 32 heavy (non-hydrogen) atoms. The smallest absolute Gasteiger partial charge is 0.221 e. The first-order valence-corrected chi connectivity index (χ1v) is 10.3. The van der Waals surface area contributed by atoms with Gasteiger partial charge in [-0.1, -0.05) is 54.1 Å². The second kappa shape index (κ2) is 9.49. The van der Waals surface area contributed by atoms with Gasteiger partial charge in [-0.15, -0.1) is 0 Å². The molecule has 0 spiro atoms. The summed E-state index contributed by atoms with van der Waals surface area (Å²) < 4.78 is 12.8. The molecule has 0 amide bonds. The van der Waals surface area contributed by atoms with Crippen LogP contribution in [0.4, 0.5) is 0 Å². The highest BCUT2D eigenvalue weighted by Gasteiger charge is 2.12. The molecule has 4 rings (SSSR count). The maximum absolute atomic E-state index is 8.19. The molecule has 2 N–H and O–H groups in total. The number of benzene rings is 3. The Labute approximate surface area is 190 Å². The van der Waals surface area contributed by atoms with E-state index in [2.05, 4.69) is 5.10 Å².